The SMILES string of the molecule is NC(=O)C1(C(=O)O)CCCc2c1[nH]c1ccccc21. The number of carboxylic acid groups (broad SMARTS) is 1. The van der Waals surface area contributed by atoms with Gasteiger partial charge in [-0.15, -0.1) is 0 Å². The van der Waals surface area contributed by atoms with Gasteiger partial charge in [0.15, 0.2) is 5.41 Å². The van der Waals surface area contributed by atoms with Crippen LogP contribution in [0.1, 0.15) is 24.1 Å². The topological polar surface area (TPSA) is 96.2 Å². The molecular weight excluding hydrogens is 244 g/mol. The molecule has 0 fully saturated rings. The summed E-state index contributed by atoms with van der Waals surface area (Å²) in [6.45, 7) is 0. The second-order valence-corrected chi connectivity index (χ2v) is 4.95. The maximum Gasteiger partial charge on any atom is 0.325 e. The summed E-state index contributed by atoms with van der Waals surface area (Å²) in [7, 11) is 0. The third-order valence-corrected chi connectivity index (χ3v) is 4.00. The largest absolute Gasteiger partial charge is 0.480 e. The molecule has 0 radical (unpaired) electrons. The molecule has 1 aromatic heterocycles. The Morgan fingerprint density at radius 1 is 1.32 bits per heavy atom. The van der Waals surface area contributed by atoms with Crippen molar-refractivity contribution in [3.63, 3.8) is 0 Å². The lowest BCUT2D eigenvalue weighted by molar-refractivity contribution is -0.149. The lowest BCUT2D eigenvalue weighted by Crippen LogP contribution is -2.50. The molecule has 4 N–H and O–H groups in total. The number of amides is 1. The molecule has 0 saturated carbocycles. The van der Waals surface area contributed by atoms with Gasteiger partial charge in [-0.05, 0) is 30.9 Å². The molecule has 1 aliphatic carbocycles. The van der Waals surface area contributed by atoms with Crippen LogP contribution in [0, 0.1) is 0 Å². The molecule has 1 atom stereocenters. The number of para-hydroxylation sites is 1. The summed E-state index contributed by atoms with van der Waals surface area (Å²) in [5.41, 5.74) is 5.99. The van der Waals surface area contributed by atoms with E-state index in [9.17, 15) is 14.7 Å². The van der Waals surface area contributed by atoms with Crippen LogP contribution in [-0.2, 0) is 21.4 Å². The number of aromatic nitrogens is 1. The lowest BCUT2D eigenvalue weighted by atomic mass is 9.72. The number of H-pyrrole nitrogens is 1. The average Bonchev–Trinajstić information content (AvgIpc) is 2.76. The normalized spacial score (nSPS) is 22.1. The van der Waals surface area contributed by atoms with Crippen molar-refractivity contribution in [2.24, 2.45) is 5.73 Å². The minimum Gasteiger partial charge on any atom is -0.480 e. The van der Waals surface area contributed by atoms with E-state index in [1.807, 2.05) is 24.3 Å². The van der Waals surface area contributed by atoms with E-state index in [1.165, 1.54) is 0 Å². The summed E-state index contributed by atoms with van der Waals surface area (Å²) in [6, 6.07) is 7.58. The molecule has 1 aromatic carbocycles. The van der Waals surface area contributed by atoms with E-state index in [0.717, 1.165) is 22.9 Å². The standard InChI is InChI=1S/C14H14N2O3/c15-12(17)14(13(18)19)7-3-5-9-8-4-1-2-6-10(8)16-11(9)14/h1-2,4,6,16H,3,5,7H2,(H2,15,17)(H,18,19). The first-order chi connectivity index (χ1) is 9.07. The fraction of sp³-hybridized carbons (Fsp3) is 0.286. The average molecular weight is 258 g/mol. The highest BCUT2D eigenvalue weighted by atomic mass is 16.4. The number of carboxylic acids is 1. The molecule has 1 unspecified atom stereocenters. The predicted molar refractivity (Wildman–Crippen MR) is 69.7 cm³/mol. The summed E-state index contributed by atoms with van der Waals surface area (Å²) in [5.74, 6) is -1.97. The van der Waals surface area contributed by atoms with E-state index in [1.54, 1.807) is 0 Å². The maximum atomic E-state index is 11.8. The van der Waals surface area contributed by atoms with E-state index in [2.05, 4.69) is 4.98 Å². The molecule has 0 aliphatic heterocycles. The van der Waals surface area contributed by atoms with Crippen LogP contribution in [0.5, 0.6) is 0 Å². The van der Waals surface area contributed by atoms with Crippen LogP contribution in [0.3, 0.4) is 0 Å². The summed E-state index contributed by atoms with van der Waals surface area (Å²) in [6.07, 6.45) is 1.66. The van der Waals surface area contributed by atoms with Gasteiger partial charge in [0.1, 0.15) is 0 Å². The summed E-state index contributed by atoms with van der Waals surface area (Å²) >= 11 is 0. The van der Waals surface area contributed by atoms with Gasteiger partial charge in [-0.2, -0.15) is 0 Å². The van der Waals surface area contributed by atoms with Gasteiger partial charge < -0.3 is 15.8 Å². The Bertz CT molecular complexity index is 673. The molecule has 1 amide bonds. The van der Waals surface area contributed by atoms with Crippen LogP contribution in [0.2, 0.25) is 0 Å². The Kier molecular flexibility index (Phi) is 2.38. The number of nitrogens with one attached hydrogen (secondary N) is 1. The summed E-state index contributed by atoms with van der Waals surface area (Å²) < 4.78 is 0. The zero-order chi connectivity index (χ0) is 13.6. The molecule has 1 aliphatic rings. The van der Waals surface area contributed by atoms with Crippen molar-refractivity contribution in [1.82, 2.24) is 4.98 Å². The third-order valence-electron chi connectivity index (χ3n) is 4.00. The Labute approximate surface area is 109 Å². The van der Waals surface area contributed by atoms with Crippen molar-refractivity contribution in [3.05, 3.63) is 35.5 Å². The molecular formula is C14H14N2O3. The maximum absolute atomic E-state index is 11.8. The highest BCUT2D eigenvalue weighted by molar-refractivity contribution is 6.08. The van der Waals surface area contributed by atoms with Gasteiger partial charge in [0, 0.05) is 16.6 Å². The van der Waals surface area contributed by atoms with Gasteiger partial charge in [-0.25, -0.2) is 0 Å². The van der Waals surface area contributed by atoms with E-state index < -0.39 is 17.3 Å². The van der Waals surface area contributed by atoms with Crippen LogP contribution >= 0.6 is 0 Å². The highest BCUT2D eigenvalue weighted by Crippen LogP contribution is 2.40. The molecule has 2 aromatic rings. The molecule has 1 heterocycles. The molecule has 0 spiro atoms. The van der Waals surface area contributed by atoms with Gasteiger partial charge in [-0.1, -0.05) is 18.2 Å². The van der Waals surface area contributed by atoms with Crippen molar-refractivity contribution in [1.29, 1.82) is 0 Å². The third kappa shape index (κ3) is 1.41. The number of carbonyl (C=O) groups is 2. The van der Waals surface area contributed by atoms with Crippen molar-refractivity contribution >= 4 is 22.8 Å². The Morgan fingerprint density at radius 2 is 2.05 bits per heavy atom. The number of nitrogens with two attached hydrogens (primary N) is 1. The fourth-order valence-corrected chi connectivity index (χ4v) is 3.04. The lowest BCUT2D eigenvalue weighted by Gasteiger charge is -2.30. The number of hydrogen-bond acceptors (Lipinski definition) is 2. The first-order valence-corrected chi connectivity index (χ1v) is 6.20. The van der Waals surface area contributed by atoms with Crippen molar-refractivity contribution < 1.29 is 14.7 Å². The van der Waals surface area contributed by atoms with Gasteiger partial charge in [0.25, 0.3) is 0 Å². The highest BCUT2D eigenvalue weighted by Gasteiger charge is 2.50. The van der Waals surface area contributed by atoms with Crippen LogP contribution in [0.25, 0.3) is 10.9 Å². The summed E-state index contributed by atoms with van der Waals surface area (Å²) in [5, 5.41) is 10.5. The van der Waals surface area contributed by atoms with Gasteiger partial charge in [-0.3, -0.25) is 9.59 Å². The van der Waals surface area contributed by atoms with E-state index >= 15 is 0 Å². The van der Waals surface area contributed by atoms with E-state index in [4.69, 9.17) is 5.73 Å². The number of primary amides is 1. The van der Waals surface area contributed by atoms with E-state index in [-0.39, 0.29) is 6.42 Å². The second kappa shape index (κ2) is 3.85. The molecule has 5 nitrogen and oxygen atoms in total. The van der Waals surface area contributed by atoms with Crippen molar-refractivity contribution in [3.8, 4) is 0 Å². The molecule has 98 valence electrons. The molecule has 19 heavy (non-hydrogen) atoms. The zero-order valence-corrected chi connectivity index (χ0v) is 10.3. The Hall–Kier alpha value is -2.30. The minimum absolute atomic E-state index is 0.248. The molecule has 5 heteroatoms. The number of rotatable bonds is 2. The smallest absolute Gasteiger partial charge is 0.325 e. The van der Waals surface area contributed by atoms with Gasteiger partial charge in [0.05, 0.1) is 0 Å². The van der Waals surface area contributed by atoms with Crippen LogP contribution in [0.15, 0.2) is 24.3 Å². The Morgan fingerprint density at radius 3 is 2.74 bits per heavy atom. The number of hydrogen-bond donors (Lipinski definition) is 3. The number of fused-ring (bicyclic) bond motifs is 3. The number of aromatic amines is 1. The van der Waals surface area contributed by atoms with E-state index in [0.29, 0.717) is 12.1 Å². The molecule has 0 bridgehead atoms. The quantitative estimate of drug-likeness (QED) is 0.708. The second-order valence-electron chi connectivity index (χ2n) is 4.95. The fourth-order valence-electron chi connectivity index (χ4n) is 3.04. The van der Waals surface area contributed by atoms with Crippen LogP contribution in [-0.4, -0.2) is 22.0 Å². The number of aryl methyl sites for hydroxylation is 1. The van der Waals surface area contributed by atoms with Crippen LogP contribution in [0.4, 0.5) is 0 Å². The predicted octanol–water partition coefficient (Wildman–Crippen LogP) is 1.31. The number of benzene rings is 1. The van der Waals surface area contributed by atoms with Crippen molar-refractivity contribution in [2.45, 2.75) is 24.7 Å². The number of aliphatic carboxylic acids is 1. The van der Waals surface area contributed by atoms with Crippen LogP contribution < -0.4 is 5.73 Å². The monoisotopic (exact) mass is 258 g/mol. The summed E-state index contributed by atoms with van der Waals surface area (Å²) in [4.78, 5) is 26.5. The molecule has 0 saturated heterocycles. The van der Waals surface area contributed by atoms with Crippen molar-refractivity contribution in [2.75, 3.05) is 0 Å². The van der Waals surface area contributed by atoms with Gasteiger partial charge in [0.2, 0.25) is 5.91 Å². The number of carbonyl (C=O) groups excluding carboxylic acids is 1. The first-order valence-electron chi connectivity index (χ1n) is 6.20. The first kappa shape index (κ1) is 11.8. The minimum atomic E-state index is -1.62. The van der Waals surface area contributed by atoms with Gasteiger partial charge >= 0.3 is 5.97 Å². The zero-order valence-electron chi connectivity index (χ0n) is 10.3. The Balaban J connectivity index is 2.36. The molecule has 3 rings (SSSR count).